The van der Waals surface area contributed by atoms with E-state index in [0.717, 1.165) is 14.2 Å². The van der Waals surface area contributed by atoms with Crippen LogP contribution in [0.4, 0.5) is 5.69 Å². The summed E-state index contributed by atoms with van der Waals surface area (Å²) in [6, 6.07) is 21.6. The number of nitrogens with zero attached hydrogens (tertiary/aromatic N) is 3. The molecule has 0 aliphatic carbocycles. The number of halogens is 2. The SMILES string of the molecule is CC[C@@H](C)NC(=O)[C@@H](Cc1ccccc1)N(Cc1c(Cl)cccc1Cl)C(=O)CN(c1ccccc1)S(=O)(=O)N(C)C. The average molecular weight is 620 g/mol. The number of benzene rings is 3. The third kappa shape index (κ3) is 8.45. The van der Waals surface area contributed by atoms with E-state index in [-0.39, 0.29) is 24.9 Å². The van der Waals surface area contributed by atoms with Crippen LogP contribution in [0.25, 0.3) is 0 Å². The van der Waals surface area contributed by atoms with Gasteiger partial charge in [-0.25, -0.2) is 4.31 Å². The predicted molar refractivity (Wildman–Crippen MR) is 165 cm³/mol. The van der Waals surface area contributed by atoms with Gasteiger partial charge in [0.05, 0.1) is 5.69 Å². The normalized spacial score (nSPS) is 13.0. The van der Waals surface area contributed by atoms with Crippen molar-refractivity contribution < 1.29 is 18.0 Å². The highest BCUT2D eigenvalue weighted by atomic mass is 35.5. The molecule has 3 aromatic rings. The Morgan fingerprint density at radius 3 is 1.98 bits per heavy atom. The molecule has 1 N–H and O–H groups in total. The minimum Gasteiger partial charge on any atom is -0.352 e. The zero-order valence-corrected chi connectivity index (χ0v) is 26.0. The first-order valence-corrected chi connectivity index (χ1v) is 15.4. The minimum absolute atomic E-state index is 0.104. The van der Waals surface area contributed by atoms with Crippen molar-refractivity contribution in [3.63, 3.8) is 0 Å². The lowest BCUT2D eigenvalue weighted by Crippen LogP contribution is -2.55. The Labute approximate surface area is 253 Å². The van der Waals surface area contributed by atoms with Crippen molar-refractivity contribution in [1.29, 1.82) is 0 Å². The molecular formula is C30H36Cl2N4O4S. The fourth-order valence-electron chi connectivity index (χ4n) is 4.16. The number of carbonyl (C=O) groups excluding carboxylic acids is 2. The summed E-state index contributed by atoms with van der Waals surface area (Å²) in [5, 5.41) is 3.66. The van der Waals surface area contributed by atoms with Gasteiger partial charge in [-0.15, -0.1) is 0 Å². The Balaban J connectivity index is 2.13. The van der Waals surface area contributed by atoms with E-state index in [1.54, 1.807) is 48.5 Å². The molecule has 0 heterocycles. The summed E-state index contributed by atoms with van der Waals surface area (Å²) in [6.07, 6.45) is 0.889. The molecule has 0 saturated heterocycles. The number of nitrogens with one attached hydrogen (secondary N) is 1. The van der Waals surface area contributed by atoms with Crippen molar-refractivity contribution in [2.24, 2.45) is 0 Å². The molecule has 3 rings (SSSR count). The molecule has 0 saturated carbocycles. The van der Waals surface area contributed by atoms with Crippen LogP contribution in [-0.4, -0.2) is 62.2 Å². The van der Waals surface area contributed by atoms with E-state index >= 15 is 0 Å². The van der Waals surface area contributed by atoms with Gasteiger partial charge in [-0.1, -0.05) is 84.7 Å². The maximum Gasteiger partial charge on any atom is 0.304 e. The summed E-state index contributed by atoms with van der Waals surface area (Å²) in [6.45, 7) is 3.19. The third-order valence-corrected chi connectivity index (χ3v) is 9.25. The Hall–Kier alpha value is -3.11. The molecule has 0 aromatic heterocycles. The van der Waals surface area contributed by atoms with Gasteiger partial charge in [-0.05, 0) is 43.2 Å². The molecule has 2 amide bonds. The van der Waals surface area contributed by atoms with Gasteiger partial charge in [0, 0.05) is 48.7 Å². The van der Waals surface area contributed by atoms with Crippen LogP contribution in [0.3, 0.4) is 0 Å². The molecule has 0 fully saturated rings. The lowest BCUT2D eigenvalue weighted by molar-refractivity contribution is -0.140. The zero-order chi connectivity index (χ0) is 30.2. The lowest BCUT2D eigenvalue weighted by Gasteiger charge is -2.35. The van der Waals surface area contributed by atoms with Gasteiger partial charge in [0.25, 0.3) is 0 Å². The zero-order valence-electron chi connectivity index (χ0n) is 23.6. The molecule has 8 nitrogen and oxygen atoms in total. The average Bonchev–Trinajstić information content (AvgIpc) is 2.95. The van der Waals surface area contributed by atoms with Gasteiger partial charge >= 0.3 is 10.2 Å². The fraction of sp³-hybridized carbons (Fsp3) is 0.333. The van der Waals surface area contributed by atoms with Crippen LogP contribution in [0.1, 0.15) is 31.4 Å². The van der Waals surface area contributed by atoms with E-state index in [4.69, 9.17) is 23.2 Å². The number of rotatable bonds is 13. The molecular weight excluding hydrogens is 583 g/mol. The fourth-order valence-corrected chi connectivity index (χ4v) is 5.73. The van der Waals surface area contributed by atoms with E-state index in [1.807, 2.05) is 44.2 Å². The quantitative estimate of drug-likeness (QED) is 0.286. The summed E-state index contributed by atoms with van der Waals surface area (Å²) in [4.78, 5) is 29.4. The van der Waals surface area contributed by atoms with E-state index in [9.17, 15) is 18.0 Å². The van der Waals surface area contributed by atoms with E-state index in [0.29, 0.717) is 27.7 Å². The molecule has 0 aliphatic heterocycles. The van der Waals surface area contributed by atoms with Crippen LogP contribution in [-0.2, 0) is 32.8 Å². The molecule has 11 heteroatoms. The highest BCUT2D eigenvalue weighted by Gasteiger charge is 2.35. The van der Waals surface area contributed by atoms with Crippen LogP contribution < -0.4 is 9.62 Å². The van der Waals surface area contributed by atoms with Crippen LogP contribution in [0.15, 0.2) is 78.9 Å². The van der Waals surface area contributed by atoms with Crippen molar-refractivity contribution in [3.05, 3.63) is 100 Å². The first kappa shape index (κ1) is 32.4. The molecule has 0 radical (unpaired) electrons. The second-order valence-corrected chi connectivity index (χ2v) is 12.8. The molecule has 0 spiro atoms. The Kier molecular flexibility index (Phi) is 11.6. The molecule has 3 aromatic carbocycles. The van der Waals surface area contributed by atoms with Crippen LogP contribution in [0.5, 0.6) is 0 Å². The Morgan fingerprint density at radius 2 is 1.44 bits per heavy atom. The Bertz CT molecular complexity index is 1400. The van der Waals surface area contributed by atoms with Gasteiger partial charge < -0.3 is 10.2 Å². The first-order valence-electron chi connectivity index (χ1n) is 13.3. The smallest absolute Gasteiger partial charge is 0.304 e. The molecule has 0 bridgehead atoms. The van der Waals surface area contributed by atoms with Crippen molar-refractivity contribution >= 4 is 50.9 Å². The second kappa shape index (κ2) is 14.7. The van der Waals surface area contributed by atoms with Crippen LogP contribution in [0.2, 0.25) is 10.0 Å². The van der Waals surface area contributed by atoms with Crippen LogP contribution >= 0.6 is 23.2 Å². The summed E-state index contributed by atoms with van der Waals surface area (Å²) >= 11 is 13.0. The van der Waals surface area contributed by atoms with Crippen molar-refractivity contribution in [2.45, 2.75) is 45.3 Å². The first-order chi connectivity index (χ1) is 19.4. The highest BCUT2D eigenvalue weighted by molar-refractivity contribution is 7.90. The van der Waals surface area contributed by atoms with Crippen molar-refractivity contribution in [2.75, 3.05) is 24.9 Å². The number of anilines is 1. The summed E-state index contributed by atoms with van der Waals surface area (Å²) in [7, 11) is -1.28. The van der Waals surface area contributed by atoms with E-state index < -0.39 is 28.7 Å². The Morgan fingerprint density at radius 1 is 0.878 bits per heavy atom. The van der Waals surface area contributed by atoms with Gasteiger partial charge in [0.1, 0.15) is 12.6 Å². The number of hydrogen-bond acceptors (Lipinski definition) is 4. The number of carbonyl (C=O) groups is 2. The van der Waals surface area contributed by atoms with Crippen molar-refractivity contribution in [3.8, 4) is 0 Å². The predicted octanol–water partition coefficient (Wildman–Crippen LogP) is 5.16. The number of para-hydroxylation sites is 1. The second-order valence-electron chi connectivity index (χ2n) is 9.88. The van der Waals surface area contributed by atoms with Gasteiger partial charge in [0.2, 0.25) is 11.8 Å². The van der Waals surface area contributed by atoms with E-state index in [1.165, 1.54) is 19.0 Å². The summed E-state index contributed by atoms with van der Waals surface area (Å²) in [5.74, 6) is -0.947. The summed E-state index contributed by atoms with van der Waals surface area (Å²) in [5.41, 5.74) is 1.61. The minimum atomic E-state index is -4.07. The van der Waals surface area contributed by atoms with Gasteiger partial charge in [-0.2, -0.15) is 12.7 Å². The maximum absolute atomic E-state index is 14.2. The molecule has 2 atom stereocenters. The lowest BCUT2D eigenvalue weighted by atomic mass is 10.0. The molecule has 0 aliphatic rings. The molecule has 220 valence electrons. The van der Waals surface area contributed by atoms with E-state index in [2.05, 4.69) is 5.32 Å². The topological polar surface area (TPSA) is 90.0 Å². The summed E-state index contributed by atoms with van der Waals surface area (Å²) < 4.78 is 28.9. The molecule has 41 heavy (non-hydrogen) atoms. The van der Waals surface area contributed by atoms with Gasteiger partial charge in [0.15, 0.2) is 0 Å². The van der Waals surface area contributed by atoms with Gasteiger partial charge in [-0.3, -0.25) is 9.59 Å². The largest absolute Gasteiger partial charge is 0.352 e. The molecule has 0 unspecified atom stereocenters. The maximum atomic E-state index is 14.2. The van der Waals surface area contributed by atoms with Crippen LogP contribution in [0, 0.1) is 0 Å². The standard InChI is InChI=1S/C30H36Cl2N4O4S/c1-5-22(2)33-30(38)28(19-23-13-8-6-9-14-23)35(20-25-26(31)17-12-18-27(25)32)29(37)21-36(41(39,40)34(3)4)24-15-10-7-11-16-24/h6-18,22,28H,5,19-21H2,1-4H3,(H,33,38)/t22-,28-/m1/s1. The highest BCUT2D eigenvalue weighted by Crippen LogP contribution is 2.28. The number of amides is 2. The number of hydrogen-bond donors (Lipinski definition) is 1. The monoisotopic (exact) mass is 618 g/mol. The van der Waals surface area contributed by atoms with Crippen molar-refractivity contribution in [1.82, 2.24) is 14.5 Å². The third-order valence-electron chi connectivity index (χ3n) is 6.73.